The second-order valence-corrected chi connectivity index (χ2v) is 8.39. The van der Waals surface area contributed by atoms with Gasteiger partial charge in [-0.25, -0.2) is 9.78 Å². The summed E-state index contributed by atoms with van der Waals surface area (Å²) in [5, 5.41) is 4.01. The standard InChI is InChI=1S/C21H18N2O3S2/c1-4-6-23-20(25)15-5-7-27-19(15)22-21(23)28-11-14-10-18(24)26-17-9-13(3)12(2)8-16(14)17/h4-5,7-10H,1,6,11H2,2-3H3. The van der Waals surface area contributed by atoms with Gasteiger partial charge in [-0.2, -0.15) is 0 Å². The fraction of sp³-hybridized carbons (Fsp3) is 0.190. The second-order valence-electron chi connectivity index (χ2n) is 6.55. The van der Waals surface area contributed by atoms with Crippen LogP contribution in [0.1, 0.15) is 16.7 Å². The zero-order valence-electron chi connectivity index (χ0n) is 15.5. The van der Waals surface area contributed by atoms with Gasteiger partial charge in [0.05, 0.1) is 5.39 Å². The zero-order chi connectivity index (χ0) is 19.8. The summed E-state index contributed by atoms with van der Waals surface area (Å²) in [6.45, 7) is 8.15. The van der Waals surface area contributed by atoms with Gasteiger partial charge >= 0.3 is 5.63 Å². The summed E-state index contributed by atoms with van der Waals surface area (Å²) in [6, 6.07) is 7.24. The highest BCUT2D eigenvalue weighted by Gasteiger charge is 2.14. The molecule has 4 rings (SSSR count). The molecule has 142 valence electrons. The smallest absolute Gasteiger partial charge is 0.336 e. The quantitative estimate of drug-likeness (QED) is 0.207. The third-order valence-electron chi connectivity index (χ3n) is 4.66. The largest absolute Gasteiger partial charge is 0.423 e. The molecule has 0 aliphatic rings. The summed E-state index contributed by atoms with van der Waals surface area (Å²) in [5.41, 5.74) is 3.20. The molecule has 0 N–H and O–H groups in total. The Bertz CT molecular complexity index is 1330. The van der Waals surface area contributed by atoms with Crippen LogP contribution >= 0.6 is 23.1 Å². The molecule has 4 aromatic rings. The van der Waals surface area contributed by atoms with Crippen molar-refractivity contribution in [2.24, 2.45) is 0 Å². The van der Waals surface area contributed by atoms with E-state index in [4.69, 9.17) is 4.42 Å². The summed E-state index contributed by atoms with van der Waals surface area (Å²) in [7, 11) is 0. The number of fused-ring (bicyclic) bond motifs is 2. The maximum atomic E-state index is 12.8. The number of nitrogens with zero attached hydrogens (tertiary/aromatic N) is 2. The topological polar surface area (TPSA) is 65.1 Å². The monoisotopic (exact) mass is 410 g/mol. The molecule has 0 saturated carbocycles. The lowest BCUT2D eigenvalue weighted by Crippen LogP contribution is -2.22. The van der Waals surface area contributed by atoms with Crippen LogP contribution in [0.2, 0.25) is 0 Å². The SMILES string of the molecule is C=CCn1c(SCc2cc(=O)oc3cc(C)c(C)cc23)nc2sccc2c1=O. The average Bonchev–Trinajstić information content (AvgIpc) is 3.12. The molecule has 1 aromatic carbocycles. The van der Waals surface area contributed by atoms with Crippen molar-refractivity contribution in [3.05, 3.63) is 79.8 Å². The van der Waals surface area contributed by atoms with Crippen LogP contribution in [-0.2, 0) is 12.3 Å². The molecule has 0 atom stereocenters. The van der Waals surface area contributed by atoms with Crippen LogP contribution in [0.15, 0.2) is 61.5 Å². The number of allylic oxidation sites excluding steroid dienone is 1. The van der Waals surface area contributed by atoms with Crippen molar-refractivity contribution >= 4 is 44.3 Å². The molecule has 0 saturated heterocycles. The van der Waals surface area contributed by atoms with Gasteiger partial charge in [-0.15, -0.1) is 17.9 Å². The Kier molecular flexibility index (Phi) is 4.95. The highest BCUT2D eigenvalue weighted by Crippen LogP contribution is 2.28. The summed E-state index contributed by atoms with van der Waals surface area (Å²) >= 11 is 2.88. The normalized spacial score (nSPS) is 11.4. The van der Waals surface area contributed by atoms with Gasteiger partial charge < -0.3 is 4.42 Å². The van der Waals surface area contributed by atoms with Crippen molar-refractivity contribution in [3.8, 4) is 0 Å². The van der Waals surface area contributed by atoms with E-state index in [0.29, 0.717) is 28.4 Å². The van der Waals surface area contributed by atoms with E-state index in [0.717, 1.165) is 26.9 Å². The minimum atomic E-state index is -0.378. The molecule has 3 heterocycles. The van der Waals surface area contributed by atoms with Crippen LogP contribution in [0.3, 0.4) is 0 Å². The number of aryl methyl sites for hydroxylation is 2. The molecule has 0 bridgehead atoms. The number of hydrogen-bond donors (Lipinski definition) is 0. The third-order valence-corrected chi connectivity index (χ3v) is 6.49. The van der Waals surface area contributed by atoms with Crippen LogP contribution < -0.4 is 11.2 Å². The van der Waals surface area contributed by atoms with E-state index < -0.39 is 0 Å². The Morgan fingerprint density at radius 3 is 2.79 bits per heavy atom. The summed E-state index contributed by atoms with van der Waals surface area (Å²) in [5.74, 6) is 0.505. The van der Waals surface area contributed by atoms with E-state index in [9.17, 15) is 9.59 Å². The first-order valence-electron chi connectivity index (χ1n) is 8.73. The first kappa shape index (κ1) is 18.7. The van der Waals surface area contributed by atoms with Gasteiger partial charge in [0.2, 0.25) is 0 Å². The van der Waals surface area contributed by atoms with Crippen LogP contribution in [-0.4, -0.2) is 9.55 Å². The van der Waals surface area contributed by atoms with Gasteiger partial charge in [-0.3, -0.25) is 9.36 Å². The van der Waals surface area contributed by atoms with Gasteiger partial charge in [-0.05, 0) is 54.1 Å². The Hall–Kier alpha value is -2.64. The van der Waals surface area contributed by atoms with E-state index >= 15 is 0 Å². The molecule has 0 spiro atoms. The lowest BCUT2D eigenvalue weighted by Gasteiger charge is -2.11. The highest BCUT2D eigenvalue weighted by molar-refractivity contribution is 7.98. The Morgan fingerprint density at radius 1 is 1.21 bits per heavy atom. The molecular weight excluding hydrogens is 392 g/mol. The molecule has 0 fully saturated rings. The maximum Gasteiger partial charge on any atom is 0.336 e. The molecule has 3 aromatic heterocycles. The maximum absolute atomic E-state index is 12.8. The number of hydrogen-bond acceptors (Lipinski definition) is 6. The number of benzene rings is 1. The predicted octanol–water partition coefficient (Wildman–Crippen LogP) is 4.66. The van der Waals surface area contributed by atoms with Gasteiger partial charge in [0, 0.05) is 23.8 Å². The Morgan fingerprint density at radius 2 is 2.00 bits per heavy atom. The first-order chi connectivity index (χ1) is 13.5. The van der Waals surface area contributed by atoms with Gasteiger partial charge in [0.25, 0.3) is 5.56 Å². The summed E-state index contributed by atoms with van der Waals surface area (Å²) < 4.78 is 6.99. The van der Waals surface area contributed by atoms with E-state index in [-0.39, 0.29) is 11.2 Å². The molecule has 0 aliphatic heterocycles. The summed E-state index contributed by atoms with van der Waals surface area (Å²) in [6.07, 6.45) is 1.68. The lowest BCUT2D eigenvalue weighted by atomic mass is 10.0. The zero-order valence-corrected chi connectivity index (χ0v) is 17.2. The molecule has 0 aliphatic carbocycles. The van der Waals surface area contributed by atoms with Gasteiger partial charge in [0.1, 0.15) is 10.4 Å². The number of thioether (sulfide) groups is 1. The lowest BCUT2D eigenvalue weighted by molar-refractivity contribution is 0.559. The van der Waals surface area contributed by atoms with E-state index in [1.54, 1.807) is 16.7 Å². The minimum Gasteiger partial charge on any atom is -0.423 e. The third kappa shape index (κ3) is 3.31. The average molecular weight is 411 g/mol. The van der Waals surface area contributed by atoms with E-state index in [1.165, 1.54) is 29.2 Å². The molecule has 28 heavy (non-hydrogen) atoms. The van der Waals surface area contributed by atoms with Crippen LogP contribution in [0.25, 0.3) is 21.2 Å². The van der Waals surface area contributed by atoms with Crippen molar-refractivity contribution in [1.82, 2.24) is 9.55 Å². The number of rotatable bonds is 5. The second kappa shape index (κ2) is 7.41. The first-order valence-corrected chi connectivity index (χ1v) is 10.6. The Labute approximate surface area is 169 Å². The van der Waals surface area contributed by atoms with Crippen molar-refractivity contribution in [2.75, 3.05) is 0 Å². The number of thiophene rings is 1. The predicted molar refractivity (Wildman–Crippen MR) is 116 cm³/mol. The van der Waals surface area contributed by atoms with Crippen LogP contribution in [0.5, 0.6) is 0 Å². The van der Waals surface area contributed by atoms with E-state index in [2.05, 4.69) is 11.6 Å². The van der Waals surface area contributed by atoms with Crippen molar-refractivity contribution in [2.45, 2.75) is 31.3 Å². The van der Waals surface area contributed by atoms with Crippen molar-refractivity contribution < 1.29 is 4.42 Å². The Balaban J connectivity index is 1.78. The molecule has 5 nitrogen and oxygen atoms in total. The summed E-state index contributed by atoms with van der Waals surface area (Å²) in [4.78, 5) is 30.2. The molecule has 0 radical (unpaired) electrons. The number of aromatic nitrogens is 2. The molecular formula is C21H18N2O3S2. The highest BCUT2D eigenvalue weighted by atomic mass is 32.2. The fourth-order valence-electron chi connectivity index (χ4n) is 3.08. The van der Waals surface area contributed by atoms with E-state index in [1.807, 2.05) is 31.4 Å². The molecule has 7 heteroatoms. The molecule has 0 unspecified atom stereocenters. The minimum absolute atomic E-state index is 0.0717. The molecule has 0 amide bonds. The van der Waals surface area contributed by atoms with Crippen molar-refractivity contribution in [3.63, 3.8) is 0 Å². The van der Waals surface area contributed by atoms with Gasteiger partial charge in [-0.1, -0.05) is 17.8 Å². The van der Waals surface area contributed by atoms with Gasteiger partial charge in [0.15, 0.2) is 5.16 Å². The van der Waals surface area contributed by atoms with Crippen LogP contribution in [0.4, 0.5) is 0 Å². The van der Waals surface area contributed by atoms with Crippen molar-refractivity contribution in [1.29, 1.82) is 0 Å². The fourth-order valence-corrected chi connectivity index (χ4v) is 4.88. The van der Waals surface area contributed by atoms with Crippen LogP contribution in [0, 0.1) is 13.8 Å².